The van der Waals surface area contributed by atoms with Crippen LogP contribution in [0.5, 0.6) is 0 Å². The van der Waals surface area contributed by atoms with E-state index >= 15 is 0 Å². The summed E-state index contributed by atoms with van der Waals surface area (Å²) in [7, 11) is 1.38. The Balaban J connectivity index is 2.61. The molecule has 0 spiro atoms. The van der Waals surface area contributed by atoms with E-state index in [1.54, 1.807) is 18.2 Å². The van der Waals surface area contributed by atoms with Gasteiger partial charge in [-0.05, 0) is 10.7 Å². The van der Waals surface area contributed by atoms with Gasteiger partial charge in [-0.25, -0.2) is 0 Å². The number of fused-ring (bicyclic) bond motifs is 1. The molecule has 0 aliphatic carbocycles. The van der Waals surface area contributed by atoms with E-state index in [0.717, 1.165) is 5.56 Å². The van der Waals surface area contributed by atoms with Gasteiger partial charge in [0.05, 0.1) is 7.11 Å². The number of hydrogen-bond donors (Lipinski definition) is 1. The topological polar surface area (TPSA) is 46.5 Å². The molecule has 14 heavy (non-hydrogen) atoms. The van der Waals surface area contributed by atoms with E-state index < -0.39 is 10.7 Å². The van der Waals surface area contributed by atoms with Gasteiger partial charge in [0.15, 0.2) is 5.69 Å². The SMILES string of the molecule is CO[N@@+]1(C(=O)O)C=Cc2ccccc21. The largest absolute Gasteiger partial charge is 0.557 e. The number of hydrogen-bond acceptors (Lipinski definition) is 2. The van der Waals surface area contributed by atoms with Gasteiger partial charge >= 0.3 is 6.09 Å². The van der Waals surface area contributed by atoms with Crippen molar-refractivity contribution in [1.29, 1.82) is 0 Å². The van der Waals surface area contributed by atoms with Crippen LogP contribution in [-0.4, -0.2) is 18.3 Å². The third-order valence-electron chi connectivity index (χ3n) is 2.33. The molecule has 1 aliphatic rings. The molecule has 0 unspecified atom stereocenters. The van der Waals surface area contributed by atoms with Crippen LogP contribution in [0.3, 0.4) is 0 Å². The van der Waals surface area contributed by atoms with E-state index in [-0.39, 0.29) is 0 Å². The maximum absolute atomic E-state index is 11.1. The van der Waals surface area contributed by atoms with Crippen molar-refractivity contribution in [1.82, 2.24) is 4.65 Å². The number of carboxylic acid groups (broad SMARTS) is 1. The zero-order valence-corrected chi connectivity index (χ0v) is 7.68. The number of hydroxylamine groups is 2. The van der Waals surface area contributed by atoms with Crippen LogP contribution in [0.15, 0.2) is 30.5 Å². The summed E-state index contributed by atoms with van der Waals surface area (Å²) in [5.41, 5.74) is 1.50. The van der Waals surface area contributed by atoms with Gasteiger partial charge in [0, 0.05) is 17.7 Å². The number of amides is 1. The molecule has 72 valence electrons. The summed E-state index contributed by atoms with van der Waals surface area (Å²) in [5.74, 6) is 0. The Labute approximate surface area is 81.2 Å². The molecule has 1 aliphatic heterocycles. The van der Waals surface area contributed by atoms with Crippen molar-refractivity contribution in [2.24, 2.45) is 0 Å². The van der Waals surface area contributed by atoms with E-state index in [9.17, 15) is 4.79 Å². The molecular weight excluding hydrogens is 182 g/mol. The molecule has 0 saturated carbocycles. The highest BCUT2D eigenvalue weighted by Crippen LogP contribution is 2.35. The predicted molar refractivity (Wildman–Crippen MR) is 52.3 cm³/mol. The van der Waals surface area contributed by atoms with E-state index in [1.807, 2.05) is 12.1 Å². The van der Waals surface area contributed by atoms with E-state index in [2.05, 4.69) is 0 Å². The van der Waals surface area contributed by atoms with Crippen LogP contribution in [0.1, 0.15) is 5.56 Å². The second kappa shape index (κ2) is 2.94. The van der Waals surface area contributed by atoms with Gasteiger partial charge in [-0.3, -0.25) is 0 Å². The second-order valence-corrected chi connectivity index (χ2v) is 3.00. The number of benzene rings is 1. The van der Waals surface area contributed by atoms with Crippen molar-refractivity contribution in [3.63, 3.8) is 0 Å². The maximum Gasteiger partial charge on any atom is 0.557 e. The molecule has 0 fully saturated rings. The van der Waals surface area contributed by atoms with Crippen LogP contribution in [0.4, 0.5) is 10.5 Å². The van der Waals surface area contributed by atoms with Crippen molar-refractivity contribution < 1.29 is 14.7 Å². The Bertz CT molecular complexity index is 414. The quantitative estimate of drug-likeness (QED) is 0.694. The minimum atomic E-state index is -1.05. The van der Waals surface area contributed by atoms with Gasteiger partial charge in [-0.1, -0.05) is 12.1 Å². The van der Waals surface area contributed by atoms with Crippen molar-refractivity contribution in [3.8, 4) is 0 Å². The number of para-hydroxylation sites is 1. The zero-order chi connectivity index (χ0) is 10.2. The Morgan fingerprint density at radius 1 is 1.43 bits per heavy atom. The summed E-state index contributed by atoms with van der Waals surface area (Å²) in [6.45, 7) is 0. The average molecular weight is 192 g/mol. The fourth-order valence-corrected chi connectivity index (χ4v) is 1.60. The van der Waals surface area contributed by atoms with Crippen LogP contribution in [0.2, 0.25) is 0 Å². The van der Waals surface area contributed by atoms with Crippen LogP contribution in [-0.2, 0) is 4.84 Å². The van der Waals surface area contributed by atoms with Crippen LogP contribution >= 0.6 is 0 Å². The first-order valence-corrected chi connectivity index (χ1v) is 4.17. The van der Waals surface area contributed by atoms with Gasteiger partial charge in [0.1, 0.15) is 6.20 Å². The first kappa shape index (κ1) is 8.93. The van der Waals surface area contributed by atoms with E-state index in [4.69, 9.17) is 9.94 Å². The van der Waals surface area contributed by atoms with Crippen molar-refractivity contribution >= 4 is 17.9 Å². The van der Waals surface area contributed by atoms with Gasteiger partial charge < -0.3 is 5.11 Å². The first-order valence-electron chi connectivity index (χ1n) is 4.17. The maximum atomic E-state index is 11.1. The molecular formula is C10H10NO3+. The molecule has 1 atom stereocenters. The molecule has 0 saturated heterocycles. The predicted octanol–water partition coefficient (Wildman–Crippen LogP) is 2.22. The summed E-state index contributed by atoms with van der Waals surface area (Å²) in [4.78, 5) is 16.2. The van der Waals surface area contributed by atoms with E-state index in [0.29, 0.717) is 5.69 Å². The fourth-order valence-electron chi connectivity index (χ4n) is 1.60. The number of carbonyl (C=O) groups is 1. The second-order valence-electron chi connectivity index (χ2n) is 3.00. The molecule has 1 amide bonds. The third kappa shape index (κ3) is 0.982. The molecule has 1 N–H and O–H groups in total. The van der Waals surface area contributed by atoms with Gasteiger partial charge in [0.2, 0.25) is 0 Å². The summed E-state index contributed by atoms with van der Waals surface area (Å²) in [6.07, 6.45) is 2.20. The lowest BCUT2D eigenvalue weighted by Crippen LogP contribution is -2.46. The highest BCUT2D eigenvalue weighted by molar-refractivity contribution is 5.89. The highest BCUT2D eigenvalue weighted by Gasteiger charge is 2.44. The molecule has 4 heteroatoms. The highest BCUT2D eigenvalue weighted by atomic mass is 16.7. The molecule has 0 bridgehead atoms. The zero-order valence-electron chi connectivity index (χ0n) is 7.68. The average Bonchev–Trinajstić information content (AvgIpc) is 2.57. The Morgan fingerprint density at radius 2 is 2.14 bits per heavy atom. The number of quaternary nitrogens is 1. The minimum Gasteiger partial charge on any atom is -0.432 e. The summed E-state index contributed by atoms with van der Waals surface area (Å²) in [6, 6.07) is 7.25. The third-order valence-corrected chi connectivity index (χ3v) is 2.33. The van der Waals surface area contributed by atoms with Crippen LogP contribution in [0.25, 0.3) is 6.08 Å². The molecule has 0 radical (unpaired) electrons. The Morgan fingerprint density at radius 3 is 2.79 bits per heavy atom. The summed E-state index contributed by atoms with van der Waals surface area (Å²) < 4.78 is -0.587. The molecule has 0 aromatic heterocycles. The normalized spacial score (nSPS) is 23.5. The van der Waals surface area contributed by atoms with Crippen molar-refractivity contribution in [3.05, 3.63) is 36.0 Å². The number of nitrogens with zero attached hydrogens (tertiary/aromatic N) is 1. The minimum absolute atomic E-state index is 0.587. The Hall–Kier alpha value is -1.65. The fraction of sp³-hybridized carbons (Fsp3) is 0.100. The van der Waals surface area contributed by atoms with Crippen molar-refractivity contribution in [2.75, 3.05) is 7.11 Å². The standard InChI is InChI=1S/C10H9NO3/c1-14-11(10(12)13)7-6-8-4-2-3-5-9(8)11/h2-7H,1H3/p+1/t11-/m0/s1. The summed E-state index contributed by atoms with van der Waals surface area (Å²) >= 11 is 0. The smallest absolute Gasteiger partial charge is 0.432 e. The van der Waals surface area contributed by atoms with Crippen molar-refractivity contribution in [2.45, 2.75) is 0 Å². The van der Waals surface area contributed by atoms with Gasteiger partial charge in [0.25, 0.3) is 0 Å². The first-order chi connectivity index (χ1) is 6.70. The van der Waals surface area contributed by atoms with Crippen LogP contribution in [0, 0.1) is 0 Å². The monoisotopic (exact) mass is 192 g/mol. The summed E-state index contributed by atoms with van der Waals surface area (Å²) in [5, 5.41) is 9.11. The Kier molecular flexibility index (Phi) is 1.87. The molecule has 4 nitrogen and oxygen atoms in total. The lowest BCUT2D eigenvalue weighted by Gasteiger charge is -2.20. The lowest BCUT2D eigenvalue weighted by molar-refractivity contribution is -0.0537. The molecule has 1 heterocycles. The molecule has 1 aromatic carbocycles. The van der Waals surface area contributed by atoms with Gasteiger partial charge in [-0.2, -0.15) is 9.63 Å². The number of rotatable bonds is 1. The van der Waals surface area contributed by atoms with Gasteiger partial charge in [-0.15, -0.1) is 0 Å². The molecule has 1 aromatic rings. The van der Waals surface area contributed by atoms with Crippen LogP contribution < -0.4 is 4.65 Å². The van der Waals surface area contributed by atoms with E-state index in [1.165, 1.54) is 13.3 Å². The lowest BCUT2D eigenvalue weighted by atomic mass is 10.2. The molecule has 2 rings (SSSR count).